The van der Waals surface area contributed by atoms with Crippen LogP contribution in [0.15, 0.2) is 40.9 Å². The molecule has 1 heterocycles. The molecule has 0 saturated carbocycles. The number of nitrogens with one attached hydrogen (secondary N) is 1. The van der Waals surface area contributed by atoms with Gasteiger partial charge in [0.1, 0.15) is 5.75 Å². The van der Waals surface area contributed by atoms with E-state index in [-0.39, 0.29) is 5.91 Å². The fraction of sp³-hybridized carbons (Fsp3) is 0.318. The van der Waals surface area contributed by atoms with Crippen LogP contribution in [0.1, 0.15) is 35.4 Å². The van der Waals surface area contributed by atoms with Gasteiger partial charge in [0.25, 0.3) is 0 Å². The highest BCUT2D eigenvalue weighted by atomic mass is 16.5. The van der Waals surface area contributed by atoms with Gasteiger partial charge in [-0.2, -0.15) is 4.98 Å². The topological polar surface area (TPSA) is 77.2 Å². The molecule has 0 unspecified atom stereocenters. The molecule has 3 rings (SSSR count). The molecule has 0 aliphatic carbocycles. The summed E-state index contributed by atoms with van der Waals surface area (Å²) in [7, 11) is 1.62. The van der Waals surface area contributed by atoms with Crippen molar-refractivity contribution in [3.8, 4) is 17.1 Å². The second-order valence-corrected chi connectivity index (χ2v) is 6.92. The van der Waals surface area contributed by atoms with Gasteiger partial charge in [-0.25, -0.2) is 0 Å². The van der Waals surface area contributed by atoms with E-state index in [1.54, 1.807) is 7.11 Å². The molecule has 1 amide bonds. The van der Waals surface area contributed by atoms with Crippen molar-refractivity contribution >= 4 is 11.6 Å². The molecule has 6 nitrogen and oxygen atoms in total. The number of carbonyl (C=O) groups is 1. The van der Waals surface area contributed by atoms with E-state index < -0.39 is 0 Å². The minimum atomic E-state index is -0.00931. The second kappa shape index (κ2) is 8.69. The summed E-state index contributed by atoms with van der Waals surface area (Å²) in [6.07, 6.45) is 1.59. The zero-order valence-corrected chi connectivity index (χ0v) is 16.7. The van der Waals surface area contributed by atoms with Gasteiger partial charge in [0.2, 0.25) is 17.6 Å². The van der Waals surface area contributed by atoms with Crippen molar-refractivity contribution in [2.45, 2.75) is 40.0 Å². The zero-order chi connectivity index (χ0) is 20.1. The van der Waals surface area contributed by atoms with Crippen LogP contribution in [-0.2, 0) is 11.2 Å². The van der Waals surface area contributed by atoms with Gasteiger partial charge in [-0.15, -0.1) is 0 Å². The Kier molecular flexibility index (Phi) is 6.09. The average molecular weight is 379 g/mol. The number of hydrogen-bond acceptors (Lipinski definition) is 5. The van der Waals surface area contributed by atoms with Crippen molar-refractivity contribution in [1.29, 1.82) is 0 Å². The summed E-state index contributed by atoms with van der Waals surface area (Å²) in [5, 5.41) is 7.03. The molecule has 6 heteroatoms. The lowest BCUT2D eigenvalue weighted by atomic mass is 10.0. The summed E-state index contributed by atoms with van der Waals surface area (Å²) in [5.41, 5.74) is 5.10. The van der Waals surface area contributed by atoms with E-state index in [4.69, 9.17) is 9.26 Å². The van der Waals surface area contributed by atoms with Crippen LogP contribution in [0.3, 0.4) is 0 Å². The van der Waals surface area contributed by atoms with E-state index in [2.05, 4.69) is 34.5 Å². The number of carbonyl (C=O) groups excluding carboxylic acids is 1. The number of amides is 1. The van der Waals surface area contributed by atoms with Crippen LogP contribution in [0.4, 0.5) is 5.69 Å². The second-order valence-electron chi connectivity index (χ2n) is 6.92. The van der Waals surface area contributed by atoms with Gasteiger partial charge >= 0.3 is 0 Å². The molecule has 3 aromatic rings. The van der Waals surface area contributed by atoms with E-state index >= 15 is 0 Å². The summed E-state index contributed by atoms with van der Waals surface area (Å²) in [4.78, 5) is 16.7. The number of benzene rings is 2. The summed E-state index contributed by atoms with van der Waals surface area (Å²) in [6, 6.07) is 11.6. The molecule has 1 N–H and O–H groups in total. The summed E-state index contributed by atoms with van der Waals surface area (Å²) in [6.45, 7) is 6.07. The van der Waals surface area contributed by atoms with Crippen molar-refractivity contribution in [2.75, 3.05) is 12.4 Å². The molecular formula is C22H25N3O3. The SMILES string of the molecule is COc1ccc(-c2noc(CCCC(=O)Nc3c(C)cc(C)cc3C)n2)cc1. The van der Waals surface area contributed by atoms with E-state index in [0.717, 1.165) is 28.1 Å². The third-order valence-electron chi connectivity index (χ3n) is 4.55. The minimum absolute atomic E-state index is 0.00931. The van der Waals surface area contributed by atoms with Gasteiger partial charge in [0.15, 0.2) is 0 Å². The largest absolute Gasteiger partial charge is 0.497 e. The molecule has 1 aromatic heterocycles. The number of aromatic nitrogens is 2. The number of rotatable bonds is 7. The van der Waals surface area contributed by atoms with Gasteiger partial charge in [-0.3, -0.25) is 4.79 Å². The Hall–Kier alpha value is -3.15. The number of methoxy groups -OCH3 is 1. The molecule has 2 aromatic carbocycles. The van der Waals surface area contributed by atoms with Crippen LogP contribution in [-0.4, -0.2) is 23.2 Å². The number of aryl methyl sites for hydroxylation is 4. The molecular weight excluding hydrogens is 354 g/mol. The van der Waals surface area contributed by atoms with E-state index in [1.807, 2.05) is 38.1 Å². The van der Waals surface area contributed by atoms with Gasteiger partial charge < -0.3 is 14.6 Å². The molecule has 0 aliphatic heterocycles. The monoisotopic (exact) mass is 379 g/mol. The molecule has 0 aliphatic rings. The number of hydrogen-bond donors (Lipinski definition) is 1. The summed E-state index contributed by atoms with van der Waals surface area (Å²) >= 11 is 0. The fourth-order valence-electron chi connectivity index (χ4n) is 3.19. The highest BCUT2D eigenvalue weighted by Crippen LogP contribution is 2.23. The fourth-order valence-corrected chi connectivity index (χ4v) is 3.19. The Morgan fingerprint density at radius 3 is 2.43 bits per heavy atom. The van der Waals surface area contributed by atoms with Crippen molar-refractivity contribution in [2.24, 2.45) is 0 Å². The number of anilines is 1. The van der Waals surface area contributed by atoms with Crippen LogP contribution in [0.5, 0.6) is 5.75 Å². The predicted molar refractivity (Wildman–Crippen MR) is 109 cm³/mol. The standard InChI is InChI=1S/C22H25N3O3/c1-14-12-15(2)21(16(3)13-14)23-19(26)6-5-7-20-24-22(25-28-20)17-8-10-18(27-4)11-9-17/h8-13H,5-7H2,1-4H3,(H,23,26). The van der Waals surface area contributed by atoms with Crippen molar-refractivity contribution < 1.29 is 14.1 Å². The van der Waals surface area contributed by atoms with Crippen molar-refractivity contribution in [3.63, 3.8) is 0 Å². The van der Waals surface area contributed by atoms with Gasteiger partial charge in [-0.1, -0.05) is 22.9 Å². The maximum absolute atomic E-state index is 12.3. The van der Waals surface area contributed by atoms with Gasteiger partial charge in [0, 0.05) is 24.1 Å². The van der Waals surface area contributed by atoms with Gasteiger partial charge in [-0.05, 0) is 62.6 Å². The van der Waals surface area contributed by atoms with E-state index in [9.17, 15) is 4.79 Å². The normalized spacial score (nSPS) is 10.7. The van der Waals surface area contributed by atoms with Crippen molar-refractivity contribution in [3.05, 3.63) is 59.0 Å². The Morgan fingerprint density at radius 1 is 1.11 bits per heavy atom. The Bertz CT molecular complexity index is 938. The lowest BCUT2D eigenvalue weighted by Gasteiger charge is -2.12. The van der Waals surface area contributed by atoms with Crippen LogP contribution in [0, 0.1) is 20.8 Å². The first kappa shape index (κ1) is 19.6. The third kappa shape index (κ3) is 4.76. The Labute approximate surface area is 164 Å². The minimum Gasteiger partial charge on any atom is -0.497 e. The molecule has 0 spiro atoms. The van der Waals surface area contributed by atoms with Crippen LogP contribution < -0.4 is 10.1 Å². The van der Waals surface area contributed by atoms with Crippen LogP contribution in [0.25, 0.3) is 11.4 Å². The first-order valence-corrected chi connectivity index (χ1v) is 9.31. The van der Waals surface area contributed by atoms with E-state index in [1.165, 1.54) is 5.56 Å². The quantitative estimate of drug-likeness (QED) is 0.647. The number of ether oxygens (including phenoxy) is 1. The van der Waals surface area contributed by atoms with Crippen LogP contribution >= 0.6 is 0 Å². The van der Waals surface area contributed by atoms with Crippen LogP contribution in [0.2, 0.25) is 0 Å². The summed E-state index contributed by atoms with van der Waals surface area (Å²) in [5.74, 6) is 1.83. The highest BCUT2D eigenvalue weighted by Gasteiger charge is 2.11. The maximum Gasteiger partial charge on any atom is 0.226 e. The molecule has 0 atom stereocenters. The first-order chi connectivity index (χ1) is 13.5. The molecule has 0 radical (unpaired) electrons. The highest BCUT2D eigenvalue weighted by molar-refractivity contribution is 5.92. The molecule has 0 saturated heterocycles. The lowest BCUT2D eigenvalue weighted by Crippen LogP contribution is -2.13. The smallest absolute Gasteiger partial charge is 0.226 e. The predicted octanol–water partition coefficient (Wildman–Crippen LogP) is 4.63. The average Bonchev–Trinajstić information content (AvgIpc) is 3.13. The molecule has 28 heavy (non-hydrogen) atoms. The van der Waals surface area contributed by atoms with Gasteiger partial charge in [0.05, 0.1) is 7.11 Å². The Balaban J connectivity index is 1.52. The third-order valence-corrected chi connectivity index (χ3v) is 4.55. The van der Waals surface area contributed by atoms with Crippen molar-refractivity contribution in [1.82, 2.24) is 10.1 Å². The molecule has 0 fully saturated rings. The van der Waals surface area contributed by atoms with E-state index in [0.29, 0.717) is 31.0 Å². The zero-order valence-electron chi connectivity index (χ0n) is 16.7. The Morgan fingerprint density at radius 2 is 1.79 bits per heavy atom. The first-order valence-electron chi connectivity index (χ1n) is 9.31. The molecule has 146 valence electrons. The summed E-state index contributed by atoms with van der Waals surface area (Å²) < 4.78 is 10.4. The maximum atomic E-state index is 12.3. The number of nitrogens with zero attached hydrogens (tertiary/aromatic N) is 2. The lowest BCUT2D eigenvalue weighted by molar-refractivity contribution is -0.116. The molecule has 0 bridgehead atoms.